The van der Waals surface area contributed by atoms with Gasteiger partial charge in [-0.15, -0.1) is 0 Å². The number of rotatable bonds is 17. The highest BCUT2D eigenvalue weighted by molar-refractivity contribution is 7.89. The third-order valence-corrected chi connectivity index (χ3v) is 26.3. The van der Waals surface area contributed by atoms with Gasteiger partial charge in [0.2, 0.25) is 47.8 Å². The molecule has 3 aromatic heterocycles. The van der Waals surface area contributed by atoms with Gasteiger partial charge in [0.15, 0.2) is 6.10 Å². The molecule has 2 amide bonds. The molecule has 1 unspecified atom stereocenters. The number of nitrogens with zero attached hydrogens (tertiary/aromatic N) is 9. The summed E-state index contributed by atoms with van der Waals surface area (Å²) < 4.78 is 189. The van der Waals surface area contributed by atoms with Crippen LogP contribution in [0.3, 0.4) is 0 Å². The first-order valence-corrected chi connectivity index (χ1v) is 41.8. The number of ether oxygens (including phenoxy) is 3. The molecule has 3 aliphatic carbocycles. The molecule has 3 aliphatic heterocycles. The zero-order chi connectivity index (χ0) is 79.2. The molecular formula is C75H107F6N11O13S3. The second kappa shape index (κ2) is 32.4. The predicted molar refractivity (Wildman–Crippen MR) is 396 cm³/mol. The average Bonchev–Trinajstić information content (AvgIpc) is 1.59. The molecule has 33 heteroatoms. The standard InChI is InChI=1S/2C26H38F2N4O4S.C23H31F2N3O5S/c2*1-17(2)29-23(33)22-16-31(12-13-36-22)37(34,35)19-6-7-21-20(14-19)30-24(25(3,4)5)32(21)15-18-8-10-26(27,28)11-9-18;1-22(2,3)21-26-17-12-16(34(31,32)27-10-11-33-19(14-27)20(29)30)4-5-18(17)28(21)13-15-6-8-23(24,25)9-7-15/h2*6-7,14,17-18,22H,8-13,15-16H2,1-5H3,(H,29,33);4-5,12,15,19H,6-11,13-14H2,1-3H3,(H,29,30)/t2*22-;/m10./s1. The Hall–Kier alpha value is -6.33. The van der Waals surface area contributed by atoms with Gasteiger partial charge in [0.05, 0.1) is 74.2 Å². The van der Waals surface area contributed by atoms with Gasteiger partial charge in [0.1, 0.15) is 29.7 Å². The number of benzene rings is 3. The van der Waals surface area contributed by atoms with Crippen LogP contribution in [0.1, 0.15) is 185 Å². The molecule has 12 rings (SSSR count). The van der Waals surface area contributed by atoms with Crippen molar-refractivity contribution in [2.75, 3.05) is 59.1 Å². The van der Waals surface area contributed by atoms with Crippen LogP contribution in [0.15, 0.2) is 69.3 Å². The fourth-order valence-corrected chi connectivity index (χ4v) is 19.2. The number of fused-ring (bicyclic) bond motifs is 3. The maximum atomic E-state index is 13.7. The van der Waals surface area contributed by atoms with Crippen LogP contribution in [-0.2, 0) is 94.5 Å². The summed E-state index contributed by atoms with van der Waals surface area (Å²) in [7, 11) is -11.7. The third kappa shape index (κ3) is 19.9. The highest BCUT2D eigenvalue weighted by atomic mass is 32.2. The number of hydrogen-bond donors (Lipinski definition) is 3. The molecule has 6 fully saturated rings. The lowest BCUT2D eigenvalue weighted by Gasteiger charge is -2.31. The summed E-state index contributed by atoms with van der Waals surface area (Å²) in [4.78, 5) is 50.7. The van der Waals surface area contributed by atoms with Gasteiger partial charge in [-0.2, -0.15) is 12.9 Å². The largest absolute Gasteiger partial charge is 0.479 e. The molecule has 3 atom stereocenters. The fraction of sp³-hybridized carbons (Fsp3) is 0.680. The number of imidazole rings is 3. The summed E-state index contributed by atoms with van der Waals surface area (Å²) in [6, 6.07) is 14.3. The number of morpholine rings is 3. The number of carbonyl (C=O) groups is 3. The molecule has 24 nitrogen and oxygen atoms in total. The van der Waals surface area contributed by atoms with Crippen LogP contribution >= 0.6 is 0 Å². The van der Waals surface area contributed by atoms with Gasteiger partial charge >= 0.3 is 5.97 Å². The minimum absolute atomic E-state index is 0.00166. The number of aromatic nitrogens is 6. The van der Waals surface area contributed by atoms with E-state index in [0.717, 1.165) is 38.3 Å². The maximum Gasteiger partial charge on any atom is 0.334 e. The predicted octanol–water partition coefficient (Wildman–Crippen LogP) is 11.8. The topological polar surface area (TPSA) is 289 Å². The van der Waals surface area contributed by atoms with Gasteiger partial charge in [0, 0.05) is 119 Å². The van der Waals surface area contributed by atoms with Gasteiger partial charge in [-0.25, -0.2) is 71.3 Å². The Labute approximate surface area is 629 Å². The summed E-state index contributed by atoms with van der Waals surface area (Å²) in [5, 5.41) is 14.7. The molecule has 600 valence electrons. The fourth-order valence-electron chi connectivity index (χ4n) is 14.9. The first-order chi connectivity index (χ1) is 50.1. The molecule has 6 aliphatic rings. The lowest BCUT2D eigenvalue weighted by Crippen LogP contribution is -2.52. The molecule has 6 aromatic rings. The third-order valence-electron chi connectivity index (χ3n) is 20.7. The zero-order valence-electron chi connectivity index (χ0n) is 64.1. The van der Waals surface area contributed by atoms with Gasteiger partial charge < -0.3 is 43.7 Å². The van der Waals surface area contributed by atoms with Crippen molar-refractivity contribution < 1.29 is 85.3 Å². The monoisotopic (exact) mass is 1580 g/mol. The Bertz CT molecular complexity index is 4380. The van der Waals surface area contributed by atoms with E-state index in [1.165, 1.54) is 20.7 Å². The molecule has 3 N–H and O–H groups in total. The van der Waals surface area contributed by atoms with Crippen molar-refractivity contribution in [1.82, 2.24) is 52.2 Å². The van der Waals surface area contributed by atoms with Crippen LogP contribution < -0.4 is 10.6 Å². The van der Waals surface area contributed by atoms with E-state index in [2.05, 4.69) is 19.8 Å². The number of carboxylic acids is 1. The van der Waals surface area contributed by atoms with Gasteiger partial charge in [-0.05, 0) is 139 Å². The Kier molecular flexibility index (Phi) is 25.2. The Morgan fingerprint density at radius 1 is 0.454 bits per heavy atom. The van der Waals surface area contributed by atoms with Crippen molar-refractivity contribution in [2.45, 2.75) is 266 Å². The van der Waals surface area contributed by atoms with Crippen molar-refractivity contribution in [3.05, 3.63) is 72.1 Å². The van der Waals surface area contributed by atoms with Crippen molar-refractivity contribution in [3.63, 3.8) is 0 Å². The molecule has 6 heterocycles. The number of amides is 2. The molecule has 0 spiro atoms. The van der Waals surface area contributed by atoms with Crippen LogP contribution in [0, 0.1) is 17.8 Å². The number of aliphatic carboxylic acids is 1. The second-order valence-corrected chi connectivity index (χ2v) is 39.4. The summed E-state index contributed by atoms with van der Waals surface area (Å²) in [6.07, 6.45) is -0.929. The second-order valence-electron chi connectivity index (χ2n) is 33.6. The van der Waals surface area contributed by atoms with E-state index in [0.29, 0.717) is 74.7 Å². The quantitative estimate of drug-likeness (QED) is 0.0715. The number of hydrogen-bond acceptors (Lipinski definition) is 15. The van der Waals surface area contributed by atoms with E-state index in [9.17, 15) is 71.1 Å². The van der Waals surface area contributed by atoms with E-state index < -0.39 is 72.1 Å². The number of sulfonamides is 3. The number of halogens is 6. The van der Waals surface area contributed by atoms with E-state index in [-0.39, 0.29) is 170 Å². The summed E-state index contributed by atoms with van der Waals surface area (Å²) >= 11 is 0. The molecule has 3 saturated heterocycles. The molecule has 3 aromatic carbocycles. The van der Waals surface area contributed by atoms with Crippen LogP contribution in [0.2, 0.25) is 0 Å². The van der Waals surface area contributed by atoms with E-state index in [1.54, 1.807) is 42.5 Å². The van der Waals surface area contributed by atoms with Gasteiger partial charge in [-0.1, -0.05) is 62.3 Å². The lowest BCUT2D eigenvalue weighted by atomic mass is 9.86. The van der Waals surface area contributed by atoms with Crippen LogP contribution in [0.4, 0.5) is 26.3 Å². The van der Waals surface area contributed by atoms with Crippen molar-refractivity contribution in [1.29, 1.82) is 0 Å². The van der Waals surface area contributed by atoms with E-state index >= 15 is 0 Å². The smallest absolute Gasteiger partial charge is 0.334 e. The zero-order valence-corrected chi connectivity index (χ0v) is 66.6. The number of alkyl halides is 6. The molecule has 0 bridgehead atoms. The van der Waals surface area contributed by atoms with Crippen LogP contribution in [0.5, 0.6) is 0 Å². The van der Waals surface area contributed by atoms with Gasteiger partial charge in [0.25, 0.3) is 11.8 Å². The van der Waals surface area contributed by atoms with Crippen LogP contribution in [-0.4, -0.2) is 197 Å². The SMILES string of the molecule is CC(C)(C)c1nc2cc(S(=O)(=O)N3CCOC(C(=O)O)C3)ccc2n1CC1CCC(F)(F)CC1.CC(C)NC(=O)[C@@H]1CN(S(=O)(=O)c2ccc3c(c2)nc(C(C)(C)C)n3CC2CCC(F)(F)CC2)CCO1.CC(C)NC(=O)[C@H]1CN(S(=O)(=O)c2ccc3c(c2)nc(C(C)(C)C)n3CC2CCC(F)(F)CC2)CCO1. The Balaban J connectivity index is 0.000000173. The highest BCUT2D eigenvalue weighted by Crippen LogP contribution is 2.43. The minimum Gasteiger partial charge on any atom is -0.479 e. The first-order valence-electron chi connectivity index (χ1n) is 37.5. The van der Waals surface area contributed by atoms with E-state index in [4.69, 9.17) is 29.2 Å². The number of carboxylic acid groups (broad SMARTS) is 1. The summed E-state index contributed by atoms with van der Waals surface area (Å²) in [5.41, 5.74) is 2.96. The summed E-state index contributed by atoms with van der Waals surface area (Å²) in [5.74, 6) is -6.94. The molecule has 108 heavy (non-hydrogen) atoms. The van der Waals surface area contributed by atoms with E-state index in [1.807, 2.05) is 94.6 Å². The minimum atomic E-state index is -3.94. The number of nitrogens with one attached hydrogen (secondary N) is 2. The summed E-state index contributed by atoms with van der Waals surface area (Å²) in [6.45, 7) is 27.5. The maximum absolute atomic E-state index is 13.7. The first kappa shape index (κ1) is 84.1. The van der Waals surface area contributed by atoms with Gasteiger partial charge in [-0.3, -0.25) is 9.59 Å². The lowest BCUT2D eigenvalue weighted by molar-refractivity contribution is -0.153. The molecule has 0 radical (unpaired) electrons. The normalized spacial score (nSPS) is 22.2. The van der Waals surface area contributed by atoms with Crippen molar-refractivity contribution >= 4 is 81.0 Å². The van der Waals surface area contributed by atoms with Crippen molar-refractivity contribution in [3.8, 4) is 0 Å². The number of carbonyl (C=O) groups excluding carboxylic acids is 2. The van der Waals surface area contributed by atoms with Crippen LogP contribution in [0.25, 0.3) is 33.1 Å². The Morgan fingerprint density at radius 3 is 0.944 bits per heavy atom. The highest BCUT2D eigenvalue weighted by Gasteiger charge is 2.43. The Morgan fingerprint density at radius 2 is 0.704 bits per heavy atom. The molecular weight excluding hydrogens is 1470 g/mol. The average molecular weight is 1580 g/mol. The van der Waals surface area contributed by atoms with Crippen molar-refractivity contribution in [2.24, 2.45) is 17.8 Å². The molecule has 3 saturated carbocycles.